The van der Waals surface area contributed by atoms with Crippen LogP contribution in [0, 0.1) is 0 Å². The van der Waals surface area contributed by atoms with Crippen molar-refractivity contribution in [3.8, 4) is 0 Å². The zero-order valence-electron chi connectivity index (χ0n) is 24.8. The van der Waals surface area contributed by atoms with Gasteiger partial charge < -0.3 is 20.5 Å². The molecule has 0 saturated carbocycles. The van der Waals surface area contributed by atoms with Gasteiger partial charge in [-0.15, -0.1) is 23.1 Å². The number of esters is 1. The quantitative estimate of drug-likeness (QED) is 0.118. The van der Waals surface area contributed by atoms with E-state index < -0.39 is 23.1 Å². The highest BCUT2D eigenvalue weighted by molar-refractivity contribution is 8.00. The fraction of sp³-hybridized carbons (Fsp3) is 0.257. The van der Waals surface area contributed by atoms with Crippen LogP contribution in [0.5, 0.6) is 0 Å². The molecule has 232 valence electrons. The predicted octanol–water partition coefficient (Wildman–Crippen LogP) is 8.01. The first-order chi connectivity index (χ1) is 21.9. The van der Waals surface area contributed by atoms with Crippen LogP contribution in [0.15, 0.2) is 83.8 Å². The van der Waals surface area contributed by atoms with Crippen molar-refractivity contribution in [1.29, 1.82) is 0 Å². The normalized spacial score (nSPS) is 13.4. The molecule has 1 aliphatic carbocycles. The molecule has 1 aliphatic rings. The van der Waals surface area contributed by atoms with Gasteiger partial charge in [0.15, 0.2) is 0 Å². The lowest BCUT2D eigenvalue weighted by Crippen LogP contribution is -2.20. The van der Waals surface area contributed by atoms with E-state index in [1.807, 2.05) is 36.4 Å². The van der Waals surface area contributed by atoms with E-state index in [1.54, 1.807) is 37.3 Å². The average molecular weight is 643 g/mol. The number of benzene rings is 3. The molecule has 10 heteroatoms. The summed E-state index contributed by atoms with van der Waals surface area (Å²) in [5.74, 6) is -2.43. The van der Waals surface area contributed by atoms with Gasteiger partial charge in [-0.3, -0.25) is 9.59 Å². The number of hydrogen-bond acceptors (Lipinski definition) is 7. The molecular weight excluding hydrogens is 609 g/mol. The third-order valence-corrected chi connectivity index (χ3v) is 9.93. The number of thioether (sulfide) groups is 1. The Labute approximate surface area is 270 Å². The minimum Gasteiger partial charge on any atom is -0.478 e. The van der Waals surface area contributed by atoms with Crippen LogP contribution in [-0.4, -0.2) is 35.5 Å². The van der Waals surface area contributed by atoms with Crippen LogP contribution in [0.4, 0.5) is 10.7 Å². The Morgan fingerprint density at radius 3 is 2.31 bits per heavy atom. The molecule has 0 saturated heterocycles. The molecule has 2 amide bonds. The van der Waals surface area contributed by atoms with E-state index in [2.05, 4.69) is 10.6 Å². The number of nitrogens with one attached hydrogen (secondary N) is 2. The molecule has 1 aromatic heterocycles. The van der Waals surface area contributed by atoms with E-state index in [0.29, 0.717) is 21.1 Å². The topological polar surface area (TPSA) is 122 Å². The molecular formula is C35H34N2O6S2. The van der Waals surface area contributed by atoms with Gasteiger partial charge in [-0.25, -0.2) is 9.59 Å². The van der Waals surface area contributed by atoms with E-state index in [1.165, 1.54) is 35.2 Å². The number of anilines is 2. The van der Waals surface area contributed by atoms with Gasteiger partial charge in [0.2, 0.25) is 5.91 Å². The second-order valence-electron chi connectivity index (χ2n) is 10.6. The molecule has 3 N–H and O–H groups in total. The largest absolute Gasteiger partial charge is 0.478 e. The standard InChI is InChI=1S/C35H34N2O6S2/c1-2-43-35(42)29-27-19-8-3-4-9-20-28(27)45-33(29)37-32(39)30(22-13-6-5-7-14-22)44-24-16-12-15-23(21-24)36-31(38)25-17-10-11-18-26(25)34(40)41/h5-7,10-18,21,30H,2-4,8-9,19-20H2,1H3,(H,36,38)(H,37,39)(H,40,41). The first-order valence-corrected chi connectivity index (χ1v) is 16.6. The van der Waals surface area contributed by atoms with Crippen LogP contribution >= 0.6 is 23.1 Å². The molecule has 0 aliphatic heterocycles. The van der Waals surface area contributed by atoms with Gasteiger partial charge in [0, 0.05) is 15.5 Å². The second-order valence-corrected chi connectivity index (χ2v) is 12.9. The molecule has 0 radical (unpaired) electrons. The maximum absolute atomic E-state index is 14.0. The summed E-state index contributed by atoms with van der Waals surface area (Å²) in [5.41, 5.74) is 2.65. The molecule has 4 aromatic rings. The number of rotatable bonds is 10. The number of aryl methyl sites for hydroxylation is 1. The SMILES string of the molecule is CCOC(=O)c1c(NC(=O)C(Sc2cccc(NC(=O)c3ccccc3C(=O)O)c2)c2ccccc2)sc2c1CCCCCC2. The predicted molar refractivity (Wildman–Crippen MR) is 178 cm³/mol. The van der Waals surface area contributed by atoms with E-state index in [4.69, 9.17) is 4.74 Å². The molecule has 5 rings (SSSR count). The van der Waals surface area contributed by atoms with Crippen molar-refractivity contribution in [2.24, 2.45) is 0 Å². The summed E-state index contributed by atoms with van der Waals surface area (Å²) >= 11 is 2.78. The number of hydrogen-bond donors (Lipinski definition) is 3. The number of carboxylic acid groups (broad SMARTS) is 1. The molecule has 1 unspecified atom stereocenters. The van der Waals surface area contributed by atoms with Crippen LogP contribution in [0.3, 0.4) is 0 Å². The summed E-state index contributed by atoms with van der Waals surface area (Å²) in [6.07, 6.45) is 5.93. The van der Waals surface area contributed by atoms with E-state index in [0.717, 1.165) is 54.5 Å². The lowest BCUT2D eigenvalue weighted by Gasteiger charge is -2.18. The number of ether oxygens (including phenoxy) is 1. The number of carbonyl (C=O) groups excluding carboxylic acids is 3. The first kappa shape index (κ1) is 32.0. The van der Waals surface area contributed by atoms with Crippen molar-refractivity contribution in [3.63, 3.8) is 0 Å². The number of thiophene rings is 1. The molecule has 0 spiro atoms. The summed E-state index contributed by atoms with van der Waals surface area (Å²) in [5, 5.41) is 15.2. The minimum absolute atomic E-state index is 0.0482. The summed E-state index contributed by atoms with van der Waals surface area (Å²) in [7, 11) is 0. The Morgan fingerprint density at radius 1 is 0.867 bits per heavy atom. The molecule has 1 atom stereocenters. The fourth-order valence-electron chi connectivity index (χ4n) is 5.35. The summed E-state index contributed by atoms with van der Waals surface area (Å²) < 4.78 is 5.43. The van der Waals surface area contributed by atoms with Crippen LogP contribution in [-0.2, 0) is 22.4 Å². The van der Waals surface area contributed by atoms with Crippen molar-refractivity contribution >= 4 is 57.5 Å². The van der Waals surface area contributed by atoms with Gasteiger partial charge in [-0.2, -0.15) is 0 Å². The summed E-state index contributed by atoms with van der Waals surface area (Å²) in [6.45, 7) is 2.02. The highest BCUT2D eigenvalue weighted by Crippen LogP contribution is 2.41. The highest BCUT2D eigenvalue weighted by atomic mass is 32.2. The smallest absolute Gasteiger partial charge is 0.341 e. The monoisotopic (exact) mass is 642 g/mol. The van der Waals surface area contributed by atoms with Crippen LogP contribution in [0.2, 0.25) is 0 Å². The van der Waals surface area contributed by atoms with E-state index >= 15 is 0 Å². The van der Waals surface area contributed by atoms with Crippen LogP contribution < -0.4 is 10.6 Å². The van der Waals surface area contributed by atoms with E-state index in [-0.39, 0.29) is 23.6 Å². The van der Waals surface area contributed by atoms with Gasteiger partial charge in [-0.05, 0) is 74.1 Å². The Morgan fingerprint density at radius 2 is 1.58 bits per heavy atom. The Kier molecular flexibility index (Phi) is 10.7. The van der Waals surface area contributed by atoms with Crippen molar-refractivity contribution in [2.75, 3.05) is 17.2 Å². The van der Waals surface area contributed by atoms with Gasteiger partial charge >= 0.3 is 11.9 Å². The van der Waals surface area contributed by atoms with Crippen molar-refractivity contribution < 1.29 is 29.0 Å². The number of carboxylic acids is 1. The van der Waals surface area contributed by atoms with Gasteiger partial charge in [0.25, 0.3) is 5.91 Å². The minimum atomic E-state index is -1.19. The average Bonchev–Trinajstić information content (AvgIpc) is 3.35. The maximum atomic E-state index is 14.0. The highest BCUT2D eigenvalue weighted by Gasteiger charge is 2.29. The molecule has 3 aromatic carbocycles. The van der Waals surface area contributed by atoms with Crippen molar-refractivity contribution in [1.82, 2.24) is 0 Å². The third-order valence-electron chi connectivity index (χ3n) is 7.48. The Bertz CT molecular complexity index is 1700. The first-order valence-electron chi connectivity index (χ1n) is 14.9. The lowest BCUT2D eigenvalue weighted by atomic mass is 9.96. The van der Waals surface area contributed by atoms with Crippen molar-refractivity contribution in [2.45, 2.75) is 55.6 Å². The second kappa shape index (κ2) is 15.0. The number of carbonyl (C=O) groups is 4. The fourth-order valence-corrected chi connectivity index (χ4v) is 7.72. The number of fused-ring (bicyclic) bond motifs is 1. The van der Waals surface area contributed by atoms with Gasteiger partial charge in [0.1, 0.15) is 10.3 Å². The molecule has 45 heavy (non-hydrogen) atoms. The summed E-state index contributed by atoms with van der Waals surface area (Å²) in [4.78, 5) is 53.6. The maximum Gasteiger partial charge on any atom is 0.341 e. The number of amides is 2. The van der Waals surface area contributed by atoms with Crippen LogP contribution in [0.1, 0.15) is 84.9 Å². The molecule has 0 fully saturated rings. The number of aromatic carboxylic acids is 1. The van der Waals surface area contributed by atoms with Crippen molar-refractivity contribution in [3.05, 3.63) is 112 Å². The zero-order valence-corrected chi connectivity index (χ0v) is 26.5. The summed E-state index contributed by atoms with van der Waals surface area (Å²) in [6, 6.07) is 22.5. The Hall–Kier alpha value is -4.41. The third kappa shape index (κ3) is 7.82. The molecule has 8 nitrogen and oxygen atoms in total. The zero-order chi connectivity index (χ0) is 31.8. The van der Waals surface area contributed by atoms with E-state index in [9.17, 15) is 24.3 Å². The van der Waals surface area contributed by atoms with Gasteiger partial charge in [0.05, 0.1) is 23.3 Å². The molecule has 0 bridgehead atoms. The lowest BCUT2D eigenvalue weighted by molar-refractivity contribution is -0.115. The molecule has 1 heterocycles. The van der Waals surface area contributed by atoms with Gasteiger partial charge in [-0.1, -0.05) is 61.4 Å². The van der Waals surface area contributed by atoms with Crippen LogP contribution in [0.25, 0.3) is 0 Å². The Balaban J connectivity index is 1.42.